The van der Waals surface area contributed by atoms with E-state index in [1.165, 1.54) is 18.2 Å². The molecule has 1 aromatic carbocycles. The molecule has 0 bridgehead atoms. The summed E-state index contributed by atoms with van der Waals surface area (Å²) in [6.45, 7) is 7.30. The maximum Gasteiger partial charge on any atom is 0.418 e. The predicted molar refractivity (Wildman–Crippen MR) is 150 cm³/mol. The van der Waals surface area contributed by atoms with Gasteiger partial charge in [0.05, 0.1) is 17.7 Å². The number of nitrogens with one attached hydrogen (secondary N) is 1. The van der Waals surface area contributed by atoms with Crippen LogP contribution in [0, 0.1) is 6.92 Å². The minimum absolute atomic E-state index is 0.0990. The minimum atomic E-state index is -4.69. The van der Waals surface area contributed by atoms with Gasteiger partial charge in [-0.3, -0.25) is 9.52 Å². The Hall–Kier alpha value is -3.67. The second kappa shape index (κ2) is 11.7. The van der Waals surface area contributed by atoms with E-state index in [1.807, 2.05) is 4.90 Å². The van der Waals surface area contributed by atoms with E-state index in [0.29, 0.717) is 17.9 Å². The van der Waals surface area contributed by atoms with Crippen molar-refractivity contribution in [2.75, 3.05) is 16.2 Å². The van der Waals surface area contributed by atoms with E-state index in [2.05, 4.69) is 14.7 Å². The third-order valence-electron chi connectivity index (χ3n) is 6.61. The van der Waals surface area contributed by atoms with Crippen molar-refractivity contribution in [2.45, 2.75) is 76.2 Å². The summed E-state index contributed by atoms with van der Waals surface area (Å²) in [4.78, 5) is 22.7. The molecule has 1 saturated carbocycles. The molecule has 41 heavy (non-hydrogen) atoms. The number of aryl methyl sites for hydroxylation is 1. The Balaban J connectivity index is 1.61. The van der Waals surface area contributed by atoms with Crippen LogP contribution in [0.5, 0.6) is 0 Å². The molecule has 0 saturated heterocycles. The molecule has 8 nitrogen and oxygen atoms in total. The van der Waals surface area contributed by atoms with Crippen LogP contribution in [0.3, 0.4) is 0 Å². The van der Waals surface area contributed by atoms with E-state index in [4.69, 9.17) is 4.74 Å². The van der Waals surface area contributed by atoms with Crippen LogP contribution in [0.4, 0.5) is 24.8 Å². The number of anilines is 2. The fourth-order valence-corrected chi connectivity index (χ4v) is 5.44. The average Bonchev–Trinajstić information content (AvgIpc) is 2.83. The van der Waals surface area contributed by atoms with Gasteiger partial charge >= 0.3 is 12.1 Å². The maximum atomic E-state index is 13.8. The SMILES string of the molecule is Cc1ccccc1-c1nc(NS(=O)(=O)c2cccc(N(CCC(=O)OC(C)(C)C)C3CCC3)n2)ccc1C(F)(F)F. The van der Waals surface area contributed by atoms with E-state index < -0.39 is 27.4 Å². The monoisotopic (exact) mass is 590 g/mol. The fraction of sp³-hybridized carbons (Fsp3) is 0.414. The van der Waals surface area contributed by atoms with Crippen LogP contribution in [0.1, 0.15) is 57.6 Å². The van der Waals surface area contributed by atoms with Gasteiger partial charge in [0, 0.05) is 18.2 Å². The summed E-state index contributed by atoms with van der Waals surface area (Å²) in [5, 5.41) is -0.323. The largest absolute Gasteiger partial charge is 0.460 e. The molecular formula is C29H33F3N4O4S. The third-order valence-corrected chi connectivity index (χ3v) is 7.87. The Bertz CT molecular complexity index is 1520. The Labute approximate surface area is 238 Å². The molecule has 1 aliphatic carbocycles. The number of nitrogens with zero attached hydrogens (tertiary/aromatic N) is 3. The molecule has 1 N–H and O–H groups in total. The van der Waals surface area contributed by atoms with E-state index >= 15 is 0 Å². The zero-order chi connectivity index (χ0) is 30.0. The van der Waals surface area contributed by atoms with E-state index in [1.54, 1.807) is 52.0 Å². The number of halogens is 3. The number of rotatable bonds is 9. The summed E-state index contributed by atoms with van der Waals surface area (Å²) >= 11 is 0. The van der Waals surface area contributed by atoms with Crippen LogP contribution in [-0.2, 0) is 25.7 Å². The summed E-state index contributed by atoms with van der Waals surface area (Å²) in [6.07, 6.45) is -1.83. The minimum Gasteiger partial charge on any atom is -0.460 e. The number of pyridine rings is 2. The van der Waals surface area contributed by atoms with Gasteiger partial charge in [-0.05, 0) is 76.8 Å². The fourth-order valence-electron chi connectivity index (χ4n) is 4.48. The molecule has 2 heterocycles. The molecule has 0 spiro atoms. The van der Waals surface area contributed by atoms with Crippen LogP contribution < -0.4 is 9.62 Å². The maximum absolute atomic E-state index is 13.8. The van der Waals surface area contributed by atoms with Gasteiger partial charge in [0.1, 0.15) is 17.2 Å². The van der Waals surface area contributed by atoms with Crippen molar-refractivity contribution < 1.29 is 31.1 Å². The molecule has 0 unspecified atom stereocenters. The van der Waals surface area contributed by atoms with Crippen LogP contribution in [-0.4, -0.2) is 42.5 Å². The first-order chi connectivity index (χ1) is 19.1. The first-order valence-electron chi connectivity index (χ1n) is 13.3. The molecular weight excluding hydrogens is 557 g/mol. The number of alkyl halides is 3. The number of ether oxygens (including phenoxy) is 1. The van der Waals surface area contributed by atoms with Crippen LogP contribution >= 0.6 is 0 Å². The number of sulfonamides is 1. The van der Waals surface area contributed by atoms with Gasteiger partial charge in [-0.25, -0.2) is 9.97 Å². The van der Waals surface area contributed by atoms with Crippen LogP contribution in [0.25, 0.3) is 11.3 Å². The number of benzene rings is 1. The van der Waals surface area contributed by atoms with Gasteiger partial charge in [-0.15, -0.1) is 0 Å². The van der Waals surface area contributed by atoms with Crippen molar-refractivity contribution in [2.24, 2.45) is 0 Å². The van der Waals surface area contributed by atoms with Crippen LogP contribution in [0.15, 0.2) is 59.6 Å². The van der Waals surface area contributed by atoms with Crippen molar-refractivity contribution in [3.63, 3.8) is 0 Å². The molecule has 0 radical (unpaired) electrons. The van der Waals surface area contributed by atoms with Gasteiger partial charge in [0.15, 0.2) is 5.03 Å². The zero-order valence-corrected chi connectivity index (χ0v) is 24.1. The summed E-state index contributed by atoms with van der Waals surface area (Å²) in [5.41, 5.74) is -1.18. The Morgan fingerprint density at radius 1 is 1.02 bits per heavy atom. The summed E-state index contributed by atoms with van der Waals surface area (Å²) in [5.74, 6) is -0.267. The summed E-state index contributed by atoms with van der Waals surface area (Å²) < 4.78 is 75.7. The molecule has 4 rings (SSSR count). The number of hydrogen-bond acceptors (Lipinski definition) is 7. The normalized spacial score (nSPS) is 14.3. The molecule has 1 fully saturated rings. The quantitative estimate of drug-likeness (QED) is 0.289. The van der Waals surface area contributed by atoms with Gasteiger partial charge in [-0.1, -0.05) is 30.3 Å². The number of hydrogen-bond donors (Lipinski definition) is 1. The Morgan fingerprint density at radius 2 is 1.73 bits per heavy atom. The lowest BCUT2D eigenvalue weighted by Crippen LogP contribution is -2.42. The molecule has 0 amide bonds. The van der Waals surface area contributed by atoms with Crippen molar-refractivity contribution in [1.82, 2.24) is 9.97 Å². The van der Waals surface area contributed by atoms with E-state index in [9.17, 15) is 26.4 Å². The molecule has 12 heteroatoms. The van der Waals surface area contributed by atoms with E-state index in [-0.39, 0.29) is 40.5 Å². The van der Waals surface area contributed by atoms with Crippen molar-refractivity contribution in [1.29, 1.82) is 0 Å². The first kappa shape index (κ1) is 30.3. The Kier molecular flexibility index (Phi) is 8.62. The van der Waals surface area contributed by atoms with Crippen molar-refractivity contribution >= 4 is 27.6 Å². The average molecular weight is 591 g/mol. The topological polar surface area (TPSA) is 101 Å². The highest BCUT2D eigenvalue weighted by Crippen LogP contribution is 2.38. The second-order valence-corrected chi connectivity index (χ2v) is 12.6. The lowest BCUT2D eigenvalue weighted by atomic mass is 9.91. The lowest BCUT2D eigenvalue weighted by Gasteiger charge is -2.38. The van der Waals surface area contributed by atoms with Crippen molar-refractivity contribution in [3.8, 4) is 11.3 Å². The summed E-state index contributed by atoms with van der Waals surface area (Å²) in [6, 6.07) is 12.8. The van der Waals surface area contributed by atoms with Crippen molar-refractivity contribution in [3.05, 3.63) is 65.7 Å². The van der Waals surface area contributed by atoms with Gasteiger partial charge in [0.25, 0.3) is 10.0 Å². The zero-order valence-electron chi connectivity index (χ0n) is 23.3. The number of carbonyl (C=O) groups excluding carboxylic acids is 1. The smallest absolute Gasteiger partial charge is 0.418 e. The number of aromatic nitrogens is 2. The predicted octanol–water partition coefficient (Wildman–Crippen LogP) is 6.36. The Morgan fingerprint density at radius 3 is 2.34 bits per heavy atom. The lowest BCUT2D eigenvalue weighted by molar-refractivity contribution is -0.154. The summed E-state index contributed by atoms with van der Waals surface area (Å²) in [7, 11) is -4.32. The first-order valence-corrected chi connectivity index (χ1v) is 14.7. The van der Waals surface area contributed by atoms with Crippen LogP contribution in [0.2, 0.25) is 0 Å². The molecule has 0 aliphatic heterocycles. The standard InChI is InChI=1S/C29H33F3N4O4S/c1-19-9-5-6-12-21(19)27-22(29(30,31)32)15-16-23(33-27)35-41(38,39)25-14-8-13-24(34-25)36(20-10-7-11-20)18-17-26(37)40-28(2,3)4/h5-6,8-9,12-16,20H,7,10-11,17-18H2,1-4H3,(H,33,35). The van der Waals surface area contributed by atoms with Gasteiger partial charge < -0.3 is 9.64 Å². The molecule has 1 aliphatic rings. The highest BCUT2D eigenvalue weighted by atomic mass is 32.2. The highest BCUT2D eigenvalue weighted by Gasteiger charge is 2.35. The molecule has 3 aromatic rings. The molecule has 2 aromatic heterocycles. The van der Waals surface area contributed by atoms with E-state index in [0.717, 1.165) is 31.4 Å². The number of esters is 1. The highest BCUT2D eigenvalue weighted by molar-refractivity contribution is 7.92. The molecule has 220 valence electrons. The van der Waals surface area contributed by atoms with Gasteiger partial charge in [0.2, 0.25) is 0 Å². The third kappa shape index (κ3) is 7.55. The molecule has 0 atom stereocenters. The van der Waals surface area contributed by atoms with Gasteiger partial charge in [-0.2, -0.15) is 21.6 Å². The second-order valence-electron chi connectivity index (χ2n) is 11.0. The number of carbonyl (C=O) groups is 1.